The number of rotatable bonds is 4. The summed E-state index contributed by atoms with van der Waals surface area (Å²) in [6.45, 7) is 3.50. The van der Waals surface area contributed by atoms with Crippen molar-refractivity contribution in [2.24, 2.45) is 5.73 Å². The summed E-state index contributed by atoms with van der Waals surface area (Å²) in [5.41, 5.74) is 6.76. The summed E-state index contributed by atoms with van der Waals surface area (Å²) in [7, 11) is 0. The molecular formula is C23H23Cl2N3O2. The largest absolute Gasteiger partial charge is 0.345 e. The fraction of sp³-hybridized carbons (Fsp3) is 0.217. The molecule has 2 aromatic carbocycles. The van der Waals surface area contributed by atoms with Crippen molar-refractivity contribution < 1.29 is 9.59 Å². The Balaban J connectivity index is 0.000000300. The number of hydrogen-bond donors (Lipinski definition) is 3. The molecule has 0 fully saturated rings. The fourth-order valence-corrected chi connectivity index (χ4v) is 2.09. The van der Waals surface area contributed by atoms with Crippen molar-refractivity contribution in [2.75, 3.05) is 19.6 Å². The lowest BCUT2D eigenvalue weighted by molar-refractivity contribution is -0.116. The summed E-state index contributed by atoms with van der Waals surface area (Å²) in [5.74, 6) is 9.88. The zero-order valence-corrected chi connectivity index (χ0v) is 18.1. The average molecular weight is 444 g/mol. The van der Waals surface area contributed by atoms with E-state index in [1.807, 2.05) is 6.92 Å². The van der Waals surface area contributed by atoms with E-state index in [9.17, 15) is 9.59 Å². The lowest BCUT2D eigenvalue weighted by Gasteiger charge is -1.94. The molecule has 7 heteroatoms. The summed E-state index contributed by atoms with van der Waals surface area (Å²) in [5, 5.41) is 6.54. The molecule has 0 aromatic heterocycles. The maximum absolute atomic E-state index is 11.1. The molecule has 2 rings (SSSR count). The van der Waals surface area contributed by atoms with Crippen LogP contribution in [0, 0.1) is 23.7 Å². The number of nitrogens with two attached hydrogens (primary N) is 1. The molecule has 0 aliphatic heterocycles. The SMILES string of the molecule is CCCNC(=O)C#Cc1ccc(Cl)cc1.NCCNC(=O)C#Cc1ccc(Cl)cc1. The number of hydrogen-bond acceptors (Lipinski definition) is 3. The molecule has 0 atom stereocenters. The monoisotopic (exact) mass is 443 g/mol. The maximum Gasteiger partial charge on any atom is 0.296 e. The molecule has 0 spiro atoms. The zero-order chi connectivity index (χ0) is 22.2. The third-order valence-corrected chi connectivity index (χ3v) is 3.80. The molecule has 0 saturated carbocycles. The van der Waals surface area contributed by atoms with Gasteiger partial charge in [-0.05, 0) is 55.0 Å². The molecule has 0 aliphatic rings. The Labute approximate surface area is 187 Å². The number of benzene rings is 2. The Bertz CT molecular complexity index is 855. The Hall–Kier alpha value is -2.96. The molecule has 0 heterocycles. The van der Waals surface area contributed by atoms with Gasteiger partial charge in [-0.15, -0.1) is 0 Å². The highest BCUT2D eigenvalue weighted by Gasteiger charge is 1.93. The lowest BCUT2D eigenvalue weighted by Crippen LogP contribution is -2.27. The van der Waals surface area contributed by atoms with Crippen LogP contribution in [0.15, 0.2) is 48.5 Å². The van der Waals surface area contributed by atoms with Gasteiger partial charge in [-0.3, -0.25) is 9.59 Å². The molecule has 0 unspecified atom stereocenters. The molecule has 4 N–H and O–H groups in total. The van der Waals surface area contributed by atoms with Gasteiger partial charge in [0.25, 0.3) is 11.8 Å². The Kier molecular flexibility index (Phi) is 12.5. The van der Waals surface area contributed by atoms with Gasteiger partial charge in [0.15, 0.2) is 0 Å². The molecule has 156 valence electrons. The maximum atomic E-state index is 11.1. The van der Waals surface area contributed by atoms with E-state index < -0.39 is 0 Å². The summed E-state index contributed by atoms with van der Waals surface area (Å²) in [4.78, 5) is 22.2. The van der Waals surface area contributed by atoms with E-state index in [-0.39, 0.29) is 11.8 Å². The highest BCUT2D eigenvalue weighted by molar-refractivity contribution is 6.30. The predicted octanol–water partition coefficient (Wildman–Crippen LogP) is 2.98. The first-order valence-electron chi connectivity index (χ1n) is 9.25. The van der Waals surface area contributed by atoms with E-state index in [0.29, 0.717) is 29.7 Å². The smallest absolute Gasteiger partial charge is 0.296 e. The van der Waals surface area contributed by atoms with Crippen molar-refractivity contribution in [1.82, 2.24) is 10.6 Å². The quantitative estimate of drug-likeness (QED) is 0.634. The van der Waals surface area contributed by atoms with Crippen molar-refractivity contribution in [3.63, 3.8) is 0 Å². The normalized spacial score (nSPS) is 8.93. The van der Waals surface area contributed by atoms with Gasteiger partial charge in [-0.2, -0.15) is 0 Å². The first-order valence-corrected chi connectivity index (χ1v) is 10.0. The van der Waals surface area contributed by atoms with Crippen molar-refractivity contribution in [3.8, 4) is 23.7 Å². The first kappa shape index (κ1) is 25.1. The molecule has 2 amide bonds. The molecule has 2 aromatic rings. The second-order valence-corrected chi connectivity index (χ2v) is 6.69. The third-order valence-electron chi connectivity index (χ3n) is 3.29. The Morgan fingerprint density at radius 2 is 1.20 bits per heavy atom. The highest BCUT2D eigenvalue weighted by atomic mass is 35.5. The van der Waals surface area contributed by atoms with Crippen LogP contribution in [0.2, 0.25) is 10.0 Å². The molecular weight excluding hydrogens is 421 g/mol. The van der Waals surface area contributed by atoms with Crippen LogP contribution in [0.5, 0.6) is 0 Å². The van der Waals surface area contributed by atoms with Gasteiger partial charge in [-0.1, -0.05) is 42.0 Å². The number of amides is 2. The van der Waals surface area contributed by atoms with E-state index in [0.717, 1.165) is 17.5 Å². The van der Waals surface area contributed by atoms with Gasteiger partial charge in [-0.25, -0.2) is 0 Å². The number of halogens is 2. The van der Waals surface area contributed by atoms with Gasteiger partial charge in [0, 0.05) is 52.6 Å². The molecule has 5 nitrogen and oxygen atoms in total. The van der Waals surface area contributed by atoms with Crippen LogP contribution in [0.1, 0.15) is 24.5 Å². The van der Waals surface area contributed by atoms with Crippen LogP contribution in [0.3, 0.4) is 0 Å². The van der Waals surface area contributed by atoms with Crippen molar-refractivity contribution in [2.45, 2.75) is 13.3 Å². The van der Waals surface area contributed by atoms with E-state index in [1.54, 1.807) is 48.5 Å². The van der Waals surface area contributed by atoms with E-state index >= 15 is 0 Å². The minimum Gasteiger partial charge on any atom is -0.345 e. The summed E-state index contributed by atoms with van der Waals surface area (Å²) < 4.78 is 0. The molecule has 0 saturated heterocycles. The first-order chi connectivity index (χ1) is 14.4. The molecule has 0 radical (unpaired) electrons. The highest BCUT2D eigenvalue weighted by Crippen LogP contribution is 2.08. The van der Waals surface area contributed by atoms with Crippen molar-refractivity contribution in [3.05, 3.63) is 69.7 Å². The molecule has 0 bridgehead atoms. The van der Waals surface area contributed by atoms with Crippen molar-refractivity contribution in [1.29, 1.82) is 0 Å². The predicted molar refractivity (Wildman–Crippen MR) is 122 cm³/mol. The van der Waals surface area contributed by atoms with Crippen molar-refractivity contribution >= 4 is 35.0 Å². The van der Waals surface area contributed by atoms with Gasteiger partial charge >= 0.3 is 0 Å². The lowest BCUT2D eigenvalue weighted by atomic mass is 10.2. The van der Waals surface area contributed by atoms with Gasteiger partial charge < -0.3 is 16.4 Å². The van der Waals surface area contributed by atoms with Gasteiger partial charge in [0.1, 0.15) is 0 Å². The minimum absolute atomic E-state index is 0.244. The molecule has 0 aliphatic carbocycles. The Morgan fingerprint density at radius 1 is 0.800 bits per heavy atom. The Morgan fingerprint density at radius 3 is 1.57 bits per heavy atom. The van der Waals surface area contributed by atoms with Gasteiger partial charge in [0.2, 0.25) is 0 Å². The van der Waals surface area contributed by atoms with E-state index in [4.69, 9.17) is 28.9 Å². The fourth-order valence-electron chi connectivity index (χ4n) is 1.84. The van der Waals surface area contributed by atoms with Crippen LogP contribution in [-0.2, 0) is 9.59 Å². The molecule has 30 heavy (non-hydrogen) atoms. The van der Waals surface area contributed by atoms with E-state index in [1.165, 1.54) is 0 Å². The number of carbonyl (C=O) groups excluding carboxylic acids is 2. The van der Waals surface area contributed by atoms with Crippen LogP contribution in [0.4, 0.5) is 0 Å². The number of nitrogens with one attached hydrogen (secondary N) is 2. The second kappa shape index (κ2) is 15.0. The average Bonchev–Trinajstić information content (AvgIpc) is 2.76. The zero-order valence-electron chi connectivity index (χ0n) is 16.6. The summed E-state index contributed by atoms with van der Waals surface area (Å²) in [6.07, 6.45) is 0.911. The van der Waals surface area contributed by atoms with Crippen LogP contribution >= 0.6 is 23.2 Å². The van der Waals surface area contributed by atoms with Crippen LogP contribution in [-0.4, -0.2) is 31.4 Å². The second-order valence-electron chi connectivity index (χ2n) is 5.81. The van der Waals surface area contributed by atoms with Crippen LogP contribution in [0.25, 0.3) is 0 Å². The summed E-state index contributed by atoms with van der Waals surface area (Å²) >= 11 is 11.4. The van der Waals surface area contributed by atoms with E-state index in [2.05, 4.69) is 34.3 Å². The van der Waals surface area contributed by atoms with Crippen LogP contribution < -0.4 is 16.4 Å². The minimum atomic E-state index is -0.324. The van der Waals surface area contributed by atoms with Gasteiger partial charge in [0.05, 0.1) is 0 Å². The standard InChI is InChI=1S/C12H12ClNO.C11H11ClN2O/c1-2-9-14-12(15)8-5-10-3-6-11(13)7-4-10;12-10-4-1-9(2-5-10)3-6-11(15)14-8-7-13/h3-4,6-7H,2,9H2,1H3,(H,14,15);1-2,4-5H,7-8,13H2,(H,14,15). The number of carbonyl (C=O) groups is 2. The third kappa shape index (κ3) is 11.8. The topological polar surface area (TPSA) is 84.2 Å². The summed E-state index contributed by atoms with van der Waals surface area (Å²) in [6, 6.07) is 14.0.